The third-order valence-electron chi connectivity index (χ3n) is 3.03. The number of hydrogen-bond acceptors (Lipinski definition) is 4. The predicted octanol–water partition coefficient (Wildman–Crippen LogP) is 2.36. The number of anilines is 1. The number of nitrogens with one attached hydrogen (secondary N) is 1. The first-order valence-electron chi connectivity index (χ1n) is 6.43. The molecule has 0 bridgehead atoms. The molecule has 0 saturated carbocycles. The van der Waals surface area contributed by atoms with Gasteiger partial charge in [-0.15, -0.1) is 4.68 Å². The molecular weight excluding hydrogens is 272 g/mol. The van der Waals surface area contributed by atoms with Gasteiger partial charge < -0.3 is 15.4 Å². The molecule has 0 spiro atoms. The van der Waals surface area contributed by atoms with Crippen LogP contribution in [0.15, 0.2) is 24.3 Å². The number of amides is 1. The van der Waals surface area contributed by atoms with E-state index in [1.807, 2.05) is 32.0 Å². The molecule has 0 atom stereocenters. The van der Waals surface area contributed by atoms with Crippen molar-refractivity contribution in [1.29, 1.82) is 0 Å². The van der Waals surface area contributed by atoms with Gasteiger partial charge >= 0.3 is 5.82 Å². The van der Waals surface area contributed by atoms with Gasteiger partial charge in [-0.2, -0.15) is 0 Å². The van der Waals surface area contributed by atoms with E-state index >= 15 is 0 Å². The smallest absolute Gasteiger partial charge is 0.345 e. The average Bonchev–Trinajstić information content (AvgIpc) is 2.75. The van der Waals surface area contributed by atoms with E-state index in [0.717, 1.165) is 15.8 Å². The van der Waals surface area contributed by atoms with Gasteiger partial charge in [-0.3, -0.25) is 4.79 Å². The average molecular weight is 288 g/mol. The van der Waals surface area contributed by atoms with Gasteiger partial charge in [0.15, 0.2) is 6.54 Å². The molecule has 0 fully saturated rings. The van der Waals surface area contributed by atoms with E-state index in [9.17, 15) is 14.9 Å². The largest absolute Gasteiger partial charge is 0.358 e. The predicted molar refractivity (Wildman–Crippen MR) is 78.2 cm³/mol. The lowest BCUT2D eigenvalue weighted by atomic mass is 10.1. The number of nitrogens with zero attached hydrogens (tertiary/aromatic N) is 3. The summed E-state index contributed by atoms with van der Waals surface area (Å²) in [6.07, 6.45) is 0. The van der Waals surface area contributed by atoms with Crippen molar-refractivity contribution in [3.8, 4) is 0 Å². The van der Waals surface area contributed by atoms with Crippen LogP contribution in [0.4, 0.5) is 11.5 Å². The Balaban J connectivity index is 2.15. The number of aromatic nitrogens is 2. The van der Waals surface area contributed by atoms with Gasteiger partial charge in [-0.05, 0) is 42.9 Å². The maximum absolute atomic E-state index is 12.0. The quantitative estimate of drug-likeness (QED) is 0.690. The highest BCUT2D eigenvalue weighted by Gasteiger charge is 2.19. The van der Waals surface area contributed by atoms with Crippen LogP contribution in [0.3, 0.4) is 0 Å². The zero-order chi connectivity index (χ0) is 15.6. The van der Waals surface area contributed by atoms with E-state index in [1.54, 1.807) is 6.92 Å². The molecule has 7 nitrogen and oxygen atoms in total. The summed E-state index contributed by atoms with van der Waals surface area (Å²) < 4.78 is 1.09. The lowest BCUT2D eigenvalue weighted by Gasteiger charge is -2.08. The van der Waals surface area contributed by atoms with Crippen molar-refractivity contribution in [1.82, 2.24) is 9.78 Å². The Morgan fingerprint density at radius 3 is 2.71 bits per heavy atom. The van der Waals surface area contributed by atoms with Gasteiger partial charge in [0.05, 0.1) is 11.8 Å². The second-order valence-corrected chi connectivity index (χ2v) is 4.93. The van der Waals surface area contributed by atoms with Gasteiger partial charge in [0, 0.05) is 5.69 Å². The SMILES string of the molecule is Cc1ccc(C)c(NC(=O)Cn2nc(C)cc2[N+](=O)[O-])c1. The molecule has 1 N–H and O–H groups in total. The first kappa shape index (κ1) is 14.7. The van der Waals surface area contributed by atoms with E-state index in [0.29, 0.717) is 11.4 Å². The van der Waals surface area contributed by atoms with Crippen LogP contribution in [0.1, 0.15) is 16.8 Å². The van der Waals surface area contributed by atoms with E-state index in [-0.39, 0.29) is 18.3 Å². The van der Waals surface area contributed by atoms with Crippen LogP contribution < -0.4 is 5.32 Å². The van der Waals surface area contributed by atoms with Crippen LogP contribution in [-0.4, -0.2) is 20.6 Å². The van der Waals surface area contributed by atoms with Crippen molar-refractivity contribution in [3.63, 3.8) is 0 Å². The molecule has 0 aliphatic carbocycles. The van der Waals surface area contributed by atoms with Crippen molar-refractivity contribution < 1.29 is 9.72 Å². The summed E-state index contributed by atoms with van der Waals surface area (Å²) >= 11 is 0. The minimum absolute atomic E-state index is 0.191. The maximum Gasteiger partial charge on any atom is 0.345 e. The van der Waals surface area contributed by atoms with Crippen LogP contribution in [-0.2, 0) is 11.3 Å². The Kier molecular flexibility index (Phi) is 4.02. The zero-order valence-electron chi connectivity index (χ0n) is 12.1. The molecule has 21 heavy (non-hydrogen) atoms. The molecule has 0 radical (unpaired) electrons. The Morgan fingerprint density at radius 2 is 2.05 bits per heavy atom. The fraction of sp³-hybridized carbons (Fsp3) is 0.286. The number of rotatable bonds is 4. The molecular formula is C14H16N4O3. The van der Waals surface area contributed by atoms with Crippen molar-refractivity contribution in [2.45, 2.75) is 27.3 Å². The normalized spacial score (nSPS) is 10.4. The highest BCUT2D eigenvalue weighted by atomic mass is 16.6. The fourth-order valence-corrected chi connectivity index (χ4v) is 1.99. The highest BCUT2D eigenvalue weighted by Crippen LogP contribution is 2.17. The molecule has 1 aromatic carbocycles. The zero-order valence-corrected chi connectivity index (χ0v) is 12.1. The molecule has 7 heteroatoms. The summed E-state index contributed by atoms with van der Waals surface area (Å²) in [5.74, 6) is -0.543. The number of carbonyl (C=O) groups is 1. The second-order valence-electron chi connectivity index (χ2n) is 4.93. The lowest BCUT2D eigenvalue weighted by molar-refractivity contribution is -0.392. The van der Waals surface area contributed by atoms with Crippen LogP contribution in [0.25, 0.3) is 0 Å². The molecule has 2 aromatic rings. The monoisotopic (exact) mass is 288 g/mol. The molecule has 110 valence electrons. The minimum Gasteiger partial charge on any atom is -0.358 e. The summed E-state index contributed by atoms with van der Waals surface area (Å²) in [6.45, 7) is 5.26. The Labute approximate surface area is 121 Å². The van der Waals surface area contributed by atoms with E-state index in [4.69, 9.17) is 0 Å². The molecule has 2 rings (SSSR count). The Morgan fingerprint density at radius 1 is 1.33 bits per heavy atom. The Hall–Kier alpha value is -2.70. The third kappa shape index (κ3) is 3.44. The van der Waals surface area contributed by atoms with Gasteiger partial charge in [-0.1, -0.05) is 17.2 Å². The first-order chi connectivity index (χ1) is 9.86. The lowest BCUT2D eigenvalue weighted by Crippen LogP contribution is -2.21. The van der Waals surface area contributed by atoms with Crippen LogP contribution in [0, 0.1) is 30.9 Å². The summed E-state index contributed by atoms with van der Waals surface area (Å²) in [6, 6.07) is 7.05. The molecule has 0 saturated heterocycles. The highest BCUT2D eigenvalue weighted by molar-refractivity contribution is 5.91. The summed E-state index contributed by atoms with van der Waals surface area (Å²) in [5.41, 5.74) is 3.16. The number of benzene rings is 1. The molecule has 1 heterocycles. The third-order valence-corrected chi connectivity index (χ3v) is 3.03. The van der Waals surface area contributed by atoms with Gasteiger partial charge in [-0.25, -0.2) is 0 Å². The van der Waals surface area contributed by atoms with Crippen molar-refractivity contribution in [2.75, 3.05) is 5.32 Å². The molecule has 0 aliphatic rings. The van der Waals surface area contributed by atoms with Crippen LogP contribution in [0.2, 0.25) is 0 Å². The van der Waals surface area contributed by atoms with E-state index in [2.05, 4.69) is 10.4 Å². The van der Waals surface area contributed by atoms with Crippen molar-refractivity contribution in [2.24, 2.45) is 0 Å². The van der Waals surface area contributed by atoms with E-state index < -0.39 is 4.92 Å². The number of nitro groups is 1. The number of aryl methyl sites for hydroxylation is 3. The number of carbonyl (C=O) groups excluding carboxylic acids is 1. The van der Waals surface area contributed by atoms with Gasteiger partial charge in [0.2, 0.25) is 0 Å². The Bertz CT molecular complexity index is 706. The minimum atomic E-state index is -0.550. The standard InChI is InChI=1S/C14H16N4O3/c1-9-4-5-10(2)12(6-9)15-13(19)8-17-14(18(20)21)7-11(3)16-17/h4-7H,8H2,1-3H3,(H,15,19). The first-order valence-corrected chi connectivity index (χ1v) is 6.43. The fourth-order valence-electron chi connectivity index (χ4n) is 1.99. The topological polar surface area (TPSA) is 90.1 Å². The van der Waals surface area contributed by atoms with Gasteiger partial charge in [0.25, 0.3) is 5.91 Å². The van der Waals surface area contributed by atoms with Crippen LogP contribution >= 0.6 is 0 Å². The molecule has 1 aromatic heterocycles. The summed E-state index contributed by atoms with van der Waals surface area (Å²) in [7, 11) is 0. The number of hydrogen-bond donors (Lipinski definition) is 1. The van der Waals surface area contributed by atoms with Crippen molar-refractivity contribution in [3.05, 3.63) is 51.2 Å². The second kappa shape index (κ2) is 5.74. The van der Waals surface area contributed by atoms with Gasteiger partial charge in [0.1, 0.15) is 0 Å². The molecule has 1 amide bonds. The maximum atomic E-state index is 12.0. The molecule has 0 unspecified atom stereocenters. The van der Waals surface area contributed by atoms with E-state index in [1.165, 1.54) is 6.07 Å². The van der Waals surface area contributed by atoms with Crippen LogP contribution in [0.5, 0.6) is 0 Å². The van der Waals surface area contributed by atoms with Crippen molar-refractivity contribution >= 4 is 17.4 Å². The summed E-state index contributed by atoms with van der Waals surface area (Å²) in [4.78, 5) is 22.4. The summed E-state index contributed by atoms with van der Waals surface area (Å²) in [5, 5.41) is 17.6. The molecule has 0 aliphatic heterocycles.